The van der Waals surface area contributed by atoms with Crippen molar-refractivity contribution >= 4 is 16.9 Å². The van der Waals surface area contributed by atoms with Crippen molar-refractivity contribution in [3.05, 3.63) is 83.4 Å². The van der Waals surface area contributed by atoms with E-state index in [4.69, 9.17) is 4.74 Å². The van der Waals surface area contributed by atoms with E-state index >= 15 is 0 Å². The van der Waals surface area contributed by atoms with Crippen molar-refractivity contribution in [1.82, 2.24) is 9.97 Å². The molecule has 0 aliphatic heterocycles. The van der Waals surface area contributed by atoms with Crippen LogP contribution in [-0.2, 0) is 6.42 Å². The van der Waals surface area contributed by atoms with E-state index < -0.39 is 11.8 Å². The molecule has 0 spiro atoms. The minimum atomic E-state index is -1.08. The predicted octanol–water partition coefficient (Wildman–Crippen LogP) is 5.06. The Labute approximate surface area is 166 Å². The fourth-order valence-electron chi connectivity index (χ4n) is 3.43. The first-order chi connectivity index (χ1) is 14.1. The summed E-state index contributed by atoms with van der Waals surface area (Å²) in [6, 6.07) is 17.7. The number of hydrogen-bond acceptors (Lipinski definition) is 3. The van der Waals surface area contributed by atoms with E-state index in [9.17, 15) is 14.3 Å². The Balaban J connectivity index is 1.89. The largest absolute Gasteiger partial charge is 0.491 e. The Morgan fingerprint density at radius 1 is 1.14 bits per heavy atom. The number of rotatable bonds is 6. The van der Waals surface area contributed by atoms with Gasteiger partial charge in [0.05, 0.1) is 17.8 Å². The second-order valence-corrected chi connectivity index (χ2v) is 6.60. The predicted molar refractivity (Wildman–Crippen MR) is 109 cm³/mol. The SMILES string of the molecule is CCOc1cc2[nH]c(-c3ccccc3)c(Cc3cccc(C(=O)O)n3)c2cc1F. The van der Waals surface area contributed by atoms with Gasteiger partial charge in [0.15, 0.2) is 11.6 Å². The number of fused-ring (bicyclic) bond motifs is 1. The molecule has 5 nitrogen and oxygen atoms in total. The maximum Gasteiger partial charge on any atom is 0.354 e. The number of benzene rings is 2. The maximum absolute atomic E-state index is 14.6. The van der Waals surface area contributed by atoms with E-state index in [0.717, 1.165) is 22.3 Å². The summed E-state index contributed by atoms with van der Waals surface area (Å²) < 4.78 is 20.0. The smallest absolute Gasteiger partial charge is 0.354 e. The van der Waals surface area contributed by atoms with Gasteiger partial charge in [0.1, 0.15) is 5.69 Å². The second kappa shape index (κ2) is 7.75. The molecule has 0 fully saturated rings. The van der Waals surface area contributed by atoms with E-state index in [2.05, 4.69) is 9.97 Å². The third-order valence-electron chi connectivity index (χ3n) is 4.70. The first kappa shape index (κ1) is 18.7. The van der Waals surface area contributed by atoms with Crippen LogP contribution in [0.3, 0.4) is 0 Å². The van der Waals surface area contributed by atoms with Crippen LogP contribution in [-0.4, -0.2) is 27.7 Å². The Kier molecular flexibility index (Phi) is 4.99. The van der Waals surface area contributed by atoms with E-state index in [1.165, 1.54) is 12.1 Å². The fourth-order valence-corrected chi connectivity index (χ4v) is 3.43. The standard InChI is InChI=1S/C23H19FN2O3/c1-2-29-21-13-20-16(12-18(21)24)17(22(26-20)14-7-4-3-5-8-14)11-15-9-6-10-19(25-15)23(27)28/h3-10,12-13,26H,2,11H2,1H3,(H,27,28). The van der Waals surface area contributed by atoms with E-state index in [1.54, 1.807) is 25.1 Å². The van der Waals surface area contributed by atoms with Gasteiger partial charge in [-0.05, 0) is 36.2 Å². The number of pyridine rings is 1. The van der Waals surface area contributed by atoms with Gasteiger partial charge in [-0.1, -0.05) is 36.4 Å². The summed E-state index contributed by atoms with van der Waals surface area (Å²) in [5.74, 6) is -1.33. The molecule has 2 aromatic heterocycles. The maximum atomic E-state index is 14.6. The lowest BCUT2D eigenvalue weighted by molar-refractivity contribution is 0.0690. The van der Waals surface area contributed by atoms with Crippen molar-refractivity contribution < 1.29 is 19.0 Å². The number of ether oxygens (including phenoxy) is 1. The second-order valence-electron chi connectivity index (χ2n) is 6.60. The molecule has 0 unspecified atom stereocenters. The van der Waals surface area contributed by atoms with E-state index in [-0.39, 0.29) is 11.4 Å². The average Bonchev–Trinajstić information content (AvgIpc) is 3.06. The van der Waals surface area contributed by atoms with Gasteiger partial charge in [-0.15, -0.1) is 0 Å². The normalized spacial score (nSPS) is 11.0. The van der Waals surface area contributed by atoms with E-state index in [0.29, 0.717) is 24.1 Å². The molecule has 2 N–H and O–H groups in total. The van der Waals surface area contributed by atoms with Crippen LogP contribution in [0.5, 0.6) is 5.75 Å². The molecule has 4 rings (SSSR count). The highest BCUT2D eigenvalue weighted by Crippen LogP contribution is 2.35. The topological polar surface area (TPSA) is 75.2 Å². The van der Waals surface area contributed by atoms with Crippen LogP contribution in [0.1, 0.15) is 28.7 Å². The molecule has 0 radical (unpaired) electrons. The molecule has 2 heterocycles. The summed E-state index contributed by atoms with van der Waals surface area (Å²) >= 11 is 0. The lowest BCUT2D eigenvalue weighted by Gasteiger charge is -2.07. The highest BCUT2D eigenvalue weighted by atomic mass is 19.1. The van der Waals surface area contributed by atoms with Crippen molar-refractivity contribution in [2.24, 2.45) is 0 Å². The van der Waals surface area contributed by atoms with Crippen LogP contribution in [0.2, 0.25) is 0 Å². The summed E-state index contributed by atoms with van der Waals surface area (Å²) in [5, 5.41) is 9.94. The monoisotopic (exact) mass is 390 g/mol. The number of carboxylic acid groups (broad SMARTS) is 1. The molecule has 0 saturated heterocycles. The van der Waals surface area contributed by atoms with Crippen molar-refractivity contribution in [1.29, 1.82) is 0 Å². The Morgan fingerprint density at radius 2 is 1.93 bits per heavy atom. The third-order valence-corrected chi connectivity index (χ3v) is 4.70. The molecule has 0 aliphatic rings. The van der Waals surface area contributed by atoms with Crippen LogP contribution in [0.25, 0.3) is 22.2 Å². The quantitative estimate of drug-likeness (QED) is 0.483. The summed E-state index contributed by atoms with van der Waals surface area (Å²) in [6.45, 7) is 2.17. The Morgan fingerprint density at radius 3 is 2.66 bits per heavy atom. The average molecular weight is 390 g/mol. The number of nitrogens with one attached hydrogen (secondary N) is 1. The van der Waals surface area contributed by atoms with Gasteiger partial charge < -0.3 is 14.8 Å². The minimum Gasteiger partial charge on any atom is -0.491 e. The first-order valence-electron chi connectivity index (χ1n) is 9.28. The zero-order valence-corrected chi connectivity index (χ0v) is 15.8. The van der Waals surface area contributed by atoms with Gasteiger partial charge in [-0.2, -0.15) is 0 Å². The number of halogens is 1. The number of aromatic carboxylic acids is 1. The Hall–Kier alpha value is -3.67. The Bertz CT molecular complexity index is 1190. The van der Waals surface area contributed by atoms with Gasteiger partial charge >= 0.3 is 5.97 Å². The number of carboxylic acids is 1. The molecule has 146 valence electrons. The molecule has 0 aliphatic carbocycles. The van der Waals surface area contributed by atoms with Gasteiger partial charge in [0, 0.05) is 23.6 Å². The van der Waals surface area contributed by atoms with Crippen LogP contribution >= 0.6 is 0 Å². The highest BCUT2D eigenvalue weighted by molar-refractivity contribution is 5.92. The van der Waals surface area contributed by atoms with Crippen molar-refractivity contribution in [2.45, 2.75) is 13.3 Å². The van der Waals surface area contributed by atoms with Crippen molar-refractivity contribution in [3.63, 3.8) is 0 Å². The summed E-state index contributed by atoms with van der Waals surface area (Å²) in [5.41, 5.74) is 3.97. The van der Waals surface area contributed by atoms with Crippen LogP contribution in [0, 0.1) is 5.82 Å². The zero-order valence-electron chi connectivity index (χ0n) is 15.8. The lowest BCUT2D eigenvalue weighted by Crippen LogP contribution is -2.03. The molecule has 29 heavy (non-hydrogen) atoms. The number of aromatic nitrogens is 2. The van der Waals surface area contributed by atoms with Crippen LogP contribution in [0.4, 0.5) is 4.39 Å². The van der Waals surface area contributed by atoms with Gasteiger partial charge in [0.2, 0.25) is 0 Å². The lowest BCUT2D eigenvalue weighted by atomic mass is 10.0. The third kappa shape index (κ3) is 3.69. The summed E-state index contributed by atoms with van der Waals surface area (Å²) in [6.07, 6.45) is 0.360. The number of H-pyrrole nitrogens is 1. The summed E-state index contributed by atoms with van der Waals surface area (Å²) in [7, 11) is 0. The van der Waals surface area contributed by atoms with Gasteiger partial charge in [-0.25, -0.2) is 14.2 Å². The van der Waals surface area contributed by atoms with E-state index in [1.807, 2.05) is 30.3 Å². The molecule has 0 amide bonds. The minimum absolute atomic E-state index is 0.0200. The number of carbonyl (C=O) groups is 1. The molecular formula is C23H19FN2O3. The number of nitrogens with zero attached hydrogens (tertiary/aromatic N) is 1. The number of aromatic amines is 1. The molecule has 2 aromatic carbocycles. The van der Waals surface area contributed by atoms with Gasteiger partial charge in [-0.3, -0.25) is 0 Å². The van der Waals surface area contributed by atoms with Crippen molar-refractivity contribution in [2.75, 3.05) is 6.61 Å². The molecule has 0 saturated carbocycles. The van der Waals surface area contributed by atoms with Crippen molar-refractivity contribution in [3.8, 4) is 17.0 Å². The molecule has 4 aromatic rings. The van der Waals surface area contributed by atoms with Gasteiger partial charge in [0.25, 0.3) is 0 Å². The first-order valence-corrected chi connectivity index (χ1v) is 9.28. The zero-order chi connectivity index (χ0) is 20.4. The van der Waals surface area contributed by atoms with Crippen LogP contribution < -0.4 is 4.74 Å². The molecular weight excluding hydrogens is 371 g/mol. The summed E-state index contributed by atoms with van der Waals surface area (Å²) in [4.78, 5) is 18.9. The molecule has 6 heteroatoms. The molecule has 0 bridgehead atoms. The molecule has 0 atom stereocenters. The fraction of sp³-hybridized carbons (Fsp3) is 0.130. The highest BCUT2D eigenvalue weighted by Gasteiger charge is 2.18. The number of hydrogen-bond donors (Lipinski definition) is 2. The van der Waals surface area contributed by atoms with Crippen LogP contribution in [0.15, 0.2) is 60.7 Å².